The number of hydrogen-bond donors (Lipinski definition) is 0. The van der Waals surface area contributed by atoms with E-state index in [1.165, 1.54) is 0 Å². The van der Waals surface area contributed by atoms with Gasteiger partial charge in [0.1, 0.15) is 0 Å². The lowest BCUT2D eigenvalue weighted by atomic mass is 10.2. The van der Waals surface area contributed by atoms with Crippen molar-refractivity contribution in [2.45, 2.75) is 13.8 Å². The van der Waals surface area contributed by atoms with Crippen LogP contribution in [-0.4, -0.2) is 10.5 Å². The summed E-state index contributed by atoms with van der Waals surface area (Å²) in [5.74, 6) is -1.15. The van der Waals surface area contributed by atoms with Crippen LogP contribution in [0, 0.1) is 13.8 Å². The lowest BCUT2D eigenvalue weighted by molar-refractivity contribution is -0.255. The first-order valence-corrected chi connectivity index (χ1v) is 5.54. The summed E-state index contributed by atoms with van der Waals surface area (Å²) < 4.78 is 1.86. The zero-order valence-corrected chi connectivity index (χ0v) is 10.3. The summed E-state index contributed by atoms with van der Waals surface area (Å²) in [6.07, 6.45) is 0. The Balaban J connectivity index is 2.59. The Hall–Kier alpha value is -1.74. The molecule has 0 amide bonds. The number of halogens is 1. The lowest BCUT2D eigenvalue weighted by Gasteiger charge is -2.10. The molecule has 0 fully saturated rings. The van der Waals surface area contributed by atoms with Gasteiger partial charge in [-0.15, -0.1) is 0 Å². The Morgan fingerprint density at radius 1 is 1.24 bits per heavy atom. The molecule has 1 heterocycles. The number of aromatic carboxylic acids is 1. The van der Waals surface area contributed by atoms with E-state index >= 15 is 0 Å². The molecule has 0 saturated heterocycles. The van der Waals surface area contributed by atoms with Gasteiger partial charge in [0, 0.05) is 27.7 Å². The van der Waals surface area contributed by atoms with Crippen molar-refractivity contribution < 1.29 is 9.90 Å². The van der Waals surface area contributed by atoms with Gasteiger partial charge in [-0.25, -0.2) is 0 Å². The van der Waals surface area contributed by atoms with Crippen LogP contribution in [0.3, 0.4) is 0 Å². The largest absolute Gasteiger partial charge is 0.545 e. The number of carbonyl (C=O) groups is 1. The summed E-state index contributed by atoms with van der Waals surface area (Å²) in [5, 5.41) is 11.6. The van der Waals surface area contributed by atoms with E-state index < -0.39 is 5.97 Å². The molecule has 4 heteroatoms. The summed E-state index contributed by atoms with van der Waals surface area (Å²) in [6, 6.07) is 8.85. The Kier molecular flexibility index (Phi) is 2.94. The van der Waals surface area contributed by atoms with E-state index in [0.29, 0.717) is 10.7 Å². The Bertz CT molecular complexity index is 570. The van der Waals surface area contributed by atoms with Crippen LogP contribution < -0.4 is 5.11 Å². The SMILES string of the molecule is Cc1cc(C(=O)[O-])c(C)n1-c1ccc(Cl)cc1. The molecule has 1 aromatic heterocycles. The van der Waals surface area contributed by atoms with E-state index in [-0.39, 0.29) is 5.56 Å². The number of carbonyl (C=O) groups excluding carboxylic acids is 1. The highest BCUT2D eigenvalue weighted by molar-refractivity contribution is 6.30. The van der Waals surface area contributed by atoms with E-state index in [1.54, 1.807) is 25.1 Å². The van der Waals surface area contributed by atoms with E-state index in [1.807, 2.05) is 23.6 Å². The van der Waals surface area contributed by atoms with Crippen LogP contribution in [0.25, 0.3) is 5.69 Å². The minimum Gasteiger partial charge on any atom is -0.545 e. The second-order valence-corrected chi connectivity index (χ2v) is 4.32. The first-order chi connectivity index (χ1) is 8.00. The number of aryl methyl sites for hydroxylation is 1. The van der Waals surface area contributed by atoms with Gasteiger partial charge in [-0.1, -0.05) is 11.6 Å². The highest BCUT2D eigenvalue weighted by Crippen LogP contribution is 2.21. The summed E-state index contributed by atoms with van der Waals surface area (Å²) in [7, 11) is 0. The van der Waals surface area contributed by atoms with Crippen LogP contribution in [0.5, 0.6) is 0 Å². The van der Waals surface area contributed by atoms with Crippen molar-refractivity contribution in [3.05, 3.63) is 52.3 Å². The van der Waals surface area contributed by atoms with E-state index in [4.69, 9.17) is 11.6 Å². The molecule has 0 atom stereocenters. The lowest BCUT2D eigenvalue weighted by Crippen LogP contribution is -2.22. The maximum Gasteiger partial charge on any atom is 0.0733 e. The molecule has 17 heavy (non-hydrogen) atoms. The number of carboxylic acid groups (broad SMARTS) is 1. The summed E-state index contributed by atoms with van der Waals surface area (Å²) >= 11 is 5.82. The van der Waals surface area contributed by atoms with Crippen molar-refractivity contribution in [3.63, 3.8) is 0 Å². The fourth-order valence-electron chi connectivity index (χ4n) is 1.96. The Morgan fingerprint density at radius 2 is 1.82 bits per heavy atom. The maximum absolute atomic E-state index is 10.9. The second kappa shape index (κ2) is 4.26. The summed E-state index contributed by atoms with van der Waals surface area (Å²) in [6.45, 7) is 3.61. The molecule has 0 aliphatic heterocycles. The first-order valence-electron chi connectivity index (χ1n) is 5.17. The standard InChI is InChI=1S/C13H12ClNO2/c1-8-7-12(13(16)17)9(2)15(8)11-5-3-10(14)4-6-11/h3-7H,1-2H3,(H,16,17)/p-1. The average Bonchev–Trinajstić information content (AvgIpc) is 2.56. The van der Waals surface area contributed by atoms with Crippen molar-refractivity contribution in [2.24, 2.45) is 0 Å². The molecule has 0 radical (unpaired) electrons. The predicted octanol–water partition coefficient (Wildman–Crippen LogP) is 2.11. The number of carboxylic acids is 1. The molecule has 0 saturated carbocycles. The minimum atomic E-state index is -1.15. The Morgan fingerprint density at radius 3 is 2.29 bits per heavy atom. The fraction of sp³-hybridized carbons (Fsp3) is 0.154. The van der Waals surface area contributed by atoms with Gasteiger partial charge in [-0.2, -0.15) is 0 Å². The van der Waals surface area contributed by atoms with Gasteiger partial charge in [0.25, 0.3) is 0 Å². The van der Waals surface area contributed by atoms with Crippen molar-refractivity contribution in [3.8, 4) is 5.69 Å². The second-order valence-electron chi connectivity index (χ2n) is 3.88. The van der Waals surface area contributed by atoms with E-state index in [2.05, 4.69) is 0 Å². The monoisotopic (exact) mass is 248 g/mol. The van der Waals surface area contributed by atoms with E-state index in [9.17, 15) is 9.90 Å². The quantitative estimate of drug-likeness (QED) is 0.817. The number of hydrogen-bond acceptors (Lipinski definition) is 2. The number of rotatable bonds is 2. The van der Waals surface area contributed by atoms with Crippen LogP contribution in [0.4, 0.5) is 0 Å². The van der Waals surface area contributed by atoms with Gasteiger partial charge >= 0.3 is 0 Å². The molecule has 0 aliphatic carbocycles. The van der Waals surface area contributed by atoms with Gasteiger partial charge in [-0.05, 0) is 44.2 Å². The molecular formula is C13H11ClNO2-. The van der Waals surface area contributed by atoms with Gasteiger partial charge < -0.3 is 14.5 Å². The zero-order valence-electron chi connectivity index (χ0n) is 9.53. The maximum atomic E-state index is 10.9. The van der Waals surface area contributed by atoms with Gasteiger partial charge in [-0.3, -0.25) is 0 Å². The molecule has 2 aromatic rings. The van der Waals surface area contributed by atoms with Crippen LogP contribution >= 0.6 is 11.6 Å². The third-order valence-corrected chi connectivity index (χ3v) is 2.99. The van der Waals surface area contributed by atoms with Crippen molar-refractivity contribution in [2.75, 3.05) is 0 Å². The Labute approximate surface area is 104 Å². The molecule has 0 unspecified atom stereocenters. The molecular weight excluding hydrogens is 238 g/mol. The summed E-state index contributed by atoms with van der Waals surface area (Å²) in [4.78, 5) is 10.9. The molecule has 0 bridgehead atoms. The normalized spacial score (nSPS) is 10.5. The number of aromatic nitrogens is 1. The molecule has 0 N–H and O–H groups in total. The topological polar surface area (TPSA) is 45.1 Å². The number of nitrogens with zero attached hydrogens (tertiary/aromatic N) is 1. The predicted molar refractivity (Wildman–Crippen MR) is 64.6 cm³/mol. The van der Waals surface area contributed by atoms with Crippen LogP contribution in [-0.2, 0) is 0 Å². The molecule has 1 aromatic carbocycles. The van der Waals surface area contributed by atoms with Crippen molar-refractivity contribution >= 4 is 17.6 Å². The van der Waals surface area contributed by atoms with E-state index in [0.717, 1.165) is 11.4 Å². The third-order valence-electron chi connectivity index (χ3n) is 2.74. The van der Waals surface area contributed by atoms with Gasteiger partial charge in [0.2, 0.25) is 0 Å². The first kappa shape index (κ1) is 11.7. The average molecular weight is 249 g/mol. The van der Waals surface area contributed by atoms with Crippen LogP contribution in [0.2, 0.25) is 5.02 Å². The van der Waals surface area contributed by atoms with Crippen LogP contribution in [0.1, 0.15) is 21.7 Å². The molecule has 0 aliphatic rings. The smallest absolute Gasteiger partial charge is 0.0733 e. The zero-order chi connectivity index (χ0) is 12.6. The van der Waals surface area contributed by atoms with Gasteiger partial charge in [0.05, 0.1) is 5.97 Å². The molecule has 3 nitrogen and oxygen atoms in total. The minimum absolute atomic E-state index is 0.220. The molecule has 0 spiro atoms. The number of benzene rings is 1. The fourth-order valence-corrected chi connectivity index (χ4v) is 2.08. The van der Waals surface area contributed by atoms with Crippen molar-refractivity contribution in [1.29, 1.82) is 0 Å². The molecule has 88 valence electrons. The third kappa shape index (κ3) is 2.06. The molecule has 2 rings (SSSR count). The summed E-state index contributed by atoms with van der Waals surface area (Å²) in [5.41, 5.74) is 2.61. The van der Waals surface area contributed by atoms with Crippen molar-refractivity contribution in [1.82, 2.24) is 4.57 Å². The van der Waals surface area contributed by atoms with Crippen LogP contribution in [0.15, 0.2) is 30.3 Å². The highest BCUT2D eigenvalue weighted by atomic mass is 35.5. The van der Waals surface area contributed by atoms with Gasteiger partial charge in [0.15, 0.2) is 0 Å². The highest BCUT2D eigenvalue weighted by Gasteiger charge is 2.10.